The van der Waals surface area contributed by atoms with E-state index in [1.54, 1.807) is 13.3 Å². The van der Waals surface area contributed by atoms with Gasteiger partial charge in [0, 0.05) is 20.2 Å². The molecule has 1 aliphatic heterocycles. The van der Waals surface area contributed by atoms with E-state index in [1.165, 1.54) is 6.20 Å². The van der Waals surface area contributed by atoms with Gasteiger partial charge in [-0.25, -0.2) is 4.98 Å². The van der Waals surface area contributed by atoms with Crippen molar-refractivity contribution in [3.8, 4) is 0 Å². The molecule has 0 radical (unpaired) electrons. The molecule has 1 fully saturated rings. The summed E-state index contributed by atoms with van der Waals surface area (Å²) in [5.74, 6) is 0.820. The Morgan fingerprint density at radius 3 is 2.92 bits per heavy atom. The van der Waals surface area contributed by atoms with Gasteiger partial charge in [-0.05, 0) is 0 Å². The molecule has 1 aromatic heterocycles. The fraction of sp³-hybridized carbons (Fsp3) is 0.500. The second kappa shape index (κ2) is 3.47. The summed E-state index contributed by atoms with van der Waals surface area (Å²) in [6.45, 7) is 1.73. The summed E-state index contributed by atoms with van der Waals surface area (Å²) in [6.07, 6.45) is 3.55. The van der Waals surface area contributed by atoms with E-state index >= 15 is 0 Å². The molecule has 0 N–H and O–H groups in total. The monoisotopic (exact) mass is 199 g/mol. The number of rotatable bonds is 2. The summed E-state index contributed by atoms with van der Waals surface area (Å²) in [4.78, 5) is 10.2. The number of nitrogens with zero attached hydrogens (tertiary/aromatic N) is 3. The van der Waals surface area contributed by atoms with E-state index < -0.39 is 0 Å². The van der Waals surface area contributed by atoms with Gasteiger partial charge in [-0.2, -0.15) is 0 Å². The van der Waals surface area contributed by atoms with E-state index in [1.807, 2.05) is 0 Å². The van der Waals surface area contributed by atoms with Crippen molar-refractivity contribution in [1.29, 1.82) is 0 Å². The molecule has 1 aromatic rings. The minimum Gasteiger partial charge on any atom is -0.378 e. The van der Waals surface area contributed by atoms with Crippen LogP contribution in [0.25, 0.3) is 0 Å². The van der Waals surface area contributed by atoms with E-state index in [-0.39, 0.29) is 0 Å². The number of aromatic nitrogens is 2. The van der Waals surface area contributed by atoms with Gasteiger partial charge in [0.1, 0.15) is 11.0 Å². The average molecular weight is 200 g/mol. The molecule has 13 heavy (non-hydrogen) atoms. The maximum absolute atomic E-state index is 5.71. The van der Waals surface area contributed by atoms with Gasteiger partial charge in [-0.1, -0.05) is 11.6 Å². The second-order valence-corrected chi connectivity index (χ2v) is 3.35. The normalized spacial score (nSPS) is 17.2. The first kappa shape index (κ1) is 8.72. The highest BCUT2D eigenvalue weighted by Crippen LogP contribution is 2.19. The largest absolute Gasteiger partial charge is 0.378 e. The minimum atomic E-state index is 0.320. The molecule has 70 valence electrons. The third-order valence-electron chi connectivity index (χ3n) is 2.10. The first-order valence-electron chi connectivity index (χ1n) is 4.05. The number of hydrogen-bond acceptors (Lipinski definition) is 4. The van der Waals surface area contributed by atoms with Gasteiger partial charge in [0.25, 0.3) is 0 Å². The van der Waals surface area contributed by atoms with Gasteiger partial charge in [-0.15, -0.1) is 0 Å². The zero-order valence-electron chi connectivity index (χ0n) is 7.27. The molecule has 1 saturated heterocycles. The Kier molecular flexibility index (Phi) is 2.33. The molecule has 4 nitrogen and oxygen atoms in total. The molecule has 1 aliphatic rings. The van der Waals surface area contributed by atoms with Crippen molar-refractivity contribution >= 4 is 17.4 Å². The van der Waals surface area contributed by atoms with Crippen molar-refractivity contribution in [1.82, 2.24) is 9.97 Å². The number of halogens is 1. The molecule has 0 atom stereocenters. The Balaban J connectivity index is 2.03. The molecular weight excluding hydrogens is 190 g/mol. The van der Waals surface area contributed by atoms with Gasteiger partial charge >= 0.3 is 0 Å². The Hall–Kier alpha value is -0.870. The standard InChI is InChI=1S/C8H10ClN3O/c1-13-6-4-12(5-6)8-3-10-2-7(9)11-8/h2-3,6H,4-5H2,1H3. The van der Waals surface area contributed by atoms with Crippen LogP contribution in [0.2, 0.25) is 5.15 Å². The predicted molar refractivity (Wildman–Crippen MR) is 50.1 cm³/mol. The van der Waals surface area contributed by atoms with Gasteiger partial charge in [-0.3, -0.25) is 4.98 Å². The fourth-order valence-corrected chi connectivity index (χ4v) is 1.40. The molecule has 0 aliphatic carbocycles. The van der Waals surface area contributed by atoms with Gasteiger partial charge in [0.15, 0.2) is 0 Å². The van der Waals surface area contributed by atoms with Crippen LogP contribution in [0.4, 0.5) is 5.82 Å². The Labute approximate surface area is 81.5 Å². The van der Waals surface area contributed by atoms with Crippen molar-refractivity contribution < 1.29 is 4.74 Å². The number of methoxy groups -OCH3 is 1. The van der Waals surface area contributed by atoms with E-state index in [0.717, 1.165) is 18.9 Å². The van der Waals surface area contributed by atoms with E-state index in [2.05, 4.69) is 14.9 Å². The smallest absolute Gasteiger partial charge is 0.149 e. The van der Waals surface area contributed by atoms with Crippen LogP contribution in [0.3, 0.4) is 0 Å². The minimum absolute atomic E-state index is 0.320. The van der Waals surface area contributed by atoms with E-state index in [4.69, 9.17) is 16.3 Å². The van der Waals surface area contributed by atoms with Crippen molar-refractivity contribution in [2.75, 3.05) is 25.1 Å². The van der Waals surface area contributed by atoms with Crippen LogP contribution in [0.5, 0.6) is 0 Å². The summed E-state index contributed by atoms with van der Waals surface area (Å²) < 4.78 is 5.15. The highest BCUT2D eigenvalue weighted by atomic mass is 35.5. The van der Waals surface area contributed by atoms with Gasteiger partial charge in [0.05, 0.1) is 18.5 Å². The second-order valence-electron chi connectivity index (χ2n) is 2.96. The Morgan fingerprint density at radius 1 is 1.54 bits per heavy atom. The summed E-state index contributed by atoms with van der Waals surface area (Å²) >= 11 is 5.71. The lowest BCUT2D eigenvalue weighted by Gasteiger charge is -2.38. The Morgan fingerprint density at radius 2 is 2.31 bits per heavy atom. The molecule has 0 spiro atoms. The summed E-state index contributed by atoms with van der Waals surface area (Å²) in [5.41, 5.74) is 0. The zero-order valence-corrected chi connectivity index (χ0v) is 8.03. The lowest BCUT2D eigenvalue weighted by atomic mass is 10.2. The average Bonchev–Trinajstić information content (AvgIpc) is 2.02. The number of hydrogen-bond donors (Lipinski definition) is 0. The quantitative estimate of drug-likeness (QED) is 0.712. The molecular formula is C8H10ClN3O. The SMILES string of the molecule is COC1CN(c2cncc(Cl)n2)C1. The number of ether oxygens (including phenoxy) is 1. The summed E-state index contributed by atoms with van der Waals surface area (Å²) in [6, 6.07) is 0. The molecule has 0 bridgehead atoms. The van der Waals surface area contributed by atoms with Crippen LogP contribution in [0.1, 0.15) is 0 Å². The maximum atomic E-state index is 5.71. The molecule has 2 heterocycles. The first-order valence-corrected chi connectivity index (χ1v) is 4.42. The molecule has 0 aromatic carbocycles. The summed E-state index contributed by atoms with van der Waals surface area (Å²) in [7, 11) is 1.71. The van der Waals surface area contributed by atoms with Crippen LogP contribution in [-0.2, 0) is 4.74 Å². The van der Waals surface area contributed by atoms with Crippen molar-refractivity contribution in [2.24, 2.45) is 0 Å². The molecule has 0 saturated carbocycles. The highest BCUT2D eigenvalue weighted by Gasteiger charge is 2.27. The molecule has 0 unspecified atom stereocenters. The van der Waals surface area contributed by atoms with Gasteiger partial charge < -0.3 is 9.64 Å². The van der Waals surface area contributed by atoms with Crippen LogP contribution >= 0.6 is 11.6 Å². The maximum Gasteiger partial charge on any atom is 0.149 e. The molecule has 5 heteroatoms. The van der Waals surface area contributed by atoms with Crippen LogP contribution in [0, 0.1) is 0 Å². The zero-order chi connectivity index (χ0) is 9.26. The van der Waals surface area contributed by atoms with Crippen molar-refractivity contribution in [3.63, 3.8) is 0 Å². The predicted octanol–water partition coefficient (Wildman–Crippen LogP) is 0.965. The highest BCUT2D eigenvalue weighted by molar-refractivity contribution is 6.29. The third-order valence-corrected chi connectivity index (χ3v) is 2.28. The topological polar surface area (TPSA) is 38.2 Å². The van der Waals surface area contributed by atoms with Crippen molar-refractivity contribution in [2.45, 2.75) is 6.10 Å². The van der Waals surface area contributed by atoms with Crippen LogP contribution in [0.15, 0.2) is 12.4 Å². The van der Waals surface area contributed by atoms with Crippen LogP contribution in [-0.4, -0.2) is 36.3 Å². The molecule has 2 rings (SSSR count). The van der Waals surface area contributed by atoms with E-state index in [0.29, 0.717) is 11.3 Å². The van der Waals surface area contributed by atoms with E-state index in [9.17, 15) is 0 Å². The van der Waals surface area contributed by atoms with Gasteiger partial charge in [0.2, 0.25) is 0 Å². The Bertz CT molecular complexity index is 301. The summed E-state index contributed by atoms with van der Waals surface area (Å²) in [5, 5.41) is 0.429. The van der Waals surface area contributed by atoms with Crippen molar-refractivity contribution in [3.05, 3.63) is 17.5 Å². The third kappa shape index (κ3) is 1.73. The fourth-order valence-electron chi connectivity index (χ4n) is 1.26. The lowest BCUT2D eigenvalue weighted by Crippen LogP contribution is -2.52. The number of anilines is 1. The first-order chi connectivity index (χ1) is 6.29. The molecule has 0 amide bonds. The lowest BCUT2D eigenvalue weighted by molar-refractivity contribution is 0.0783. The van der Waals surface area contributed by atoms with Crippen LogP contribution < -0.4 is 4.90 Å².